The molecule has 1 saturated heterocycles. The van der Waals surface area contributed by atoms with E-state index in [0.29, 0.717) is 0 Å². The number of thiocarbonyl (C=S) groups is 1. The van der Waals surface area contributed by atoms with Crippen LogP contribution in [0.25, 0.3) is 0 Å². The lowest BCUT2D eigenvalue weighted by atomic mass is 9.96. The minimum Gasteiger partial charge on any atom is -0.351 e. The average Bonchev–Trinajstić information content (AvgIpc) is 3.33. The van der Waals surface area contributed by atoms with Gasteiger partial charge in [0.15, 0.2) is 5.11 Å². The van der Waals surface area contributed by atoms with Gasteiger partial charge in [-0.15, -0.1) is 0 Å². The molecule has 1 fully saturated rings. The van der Waals surface area contributed by atoms with E-state index in [9.17, 15) is 0 Å². The molecule has 1 aliphatic rings. The van der Waals surface area contributed by atoms with Gasteiger partial charge < -0.3 is 14.8 Å². The van der Waals surface area contributed by atoms with E-state index in [1.54, 1.807) is 0 Å². The Hall–Kier alpha value is -2.96. The van der Waals surface area contributed by atoms with Gasteiger partial charge in [0.1, 0.15) is 0 Å². The van der Waals surface area contributed by atoms with Crippen LogP contribution in [0.1, 0.15) is 45.9 Å². The molecule has 0 bridgehead atoms. The van der Waals surface area contributed by atoms with Crippen molar-refractivity contribution in [1.29, 1.82) is 0 Å². The first-order valence-corrected chi connectivity index (χ1v) is 12.6. The van der Waals surface area contributed by atoms with Crippen LogP contribution in [0.5, 0.6) is 0 Å². The Morgan fingerprint density at radius 2 is 1.74 bits per heavy atom. The zero-order chi connectivity index (χ0) is 23.8. The van der Waals surface area contributed by atoms with Crippen LogP contribution in [0.2, 0.25) is 0 Å². The molecule has 4 aromatic rings. The quantitative estimate of drug-likeness (QED) is 0.287. The lowest BCUT2D eigenvalue weighted by molar-refractivity contribution is 0.563. The highest BCUT2D eigenvalue weighted by molar-refractivity contribution is 9.10. The van der Waals surface area contributed by atoms with Crippen LogP contribution in [-0.4, -0.2) is 14.7 Å². The van der Waals surface area contributed by atoms with Gasteiger partial charge in [0.2, 0.25) is 0 Å². The van der Waals surface area contributed by atoms with Crippen LogP contribution >= 0.6 is 28.1 Å². The first-order valence-electron chi connectivity index (χ1n) is 11.4. The first-order chi connectivity index (χ1) is 16.4. The molecule has 2 aromatic heterocycles. The summed E-state index contributed by atoms with van der Waals surface area (Å²) in [4.78, 5) is 6.95. The number of nitrogens with zero attached hydrogens (tertiary/aromatic N) is 3. The Balaban J connectivity index is 1.63. The number of hydrogen-bond acceptors (Lipinski definition) is 2. The molecule has 0 amide bonds. The molecule has 1 aliphatic heterocycles. The summed E-state index contributed by atoms with van der Waals surface area (Å²) in [6.45, 7) is 7.35. The number of anilines is 1. The number of halogens is 1. The molecular formula is C28H27BrN4S. The molecule has 0 unspecified atom stereocenters. The van der Waals surface area contributed by atoms with Crippen LogP contribution in [0.15, 0.2) is 83.5 Å². The van der Waals surface area contributed by atoms with Crippen molar-refractivity contribution in [2.75, 3.05) is 4.90 Å². The molecule has 4 nitrogen and oxygen atoms in total. The van der Waals surface area contributed by atoms with Gasteiger partial charge >= 0.3 is 0 Å². The van der Waals surface area contributed by atoms with Gasteiger partial charge in [0.25, 0.3) is 0 Å². The van der Waals surface area contributed by atoms with Gasteiger partial charge in [-0.2, -0.15) is 0 Å². The highest BCUT2D eigenvalue weighted by atomic mass is 79.9. The zero-order valence-corrected chi connectivity index (χ0v) is 21.9. The van der Waals surface area contributed by atoms with Gasteiger partial charge in [-0.25, -0.2) is 0 Å². The van der Waals surface area contributed by atoms with Crippen molar-refractivity contribution >= 4 is 38.9 Å². The number of pyridine rings is 1. The fourth-order valence-corrected chi connectivity index (χ4v) is 5.46. The second-order valence-electron chi connectivity index (χ2n) is 8.83. The van der Waals surface area contributed by atoms with E-state index in [1.807, 2.05) is 18.3 Å². The lowest BCUT2D eigenvalue weighted by Crippen LogP contribution is -2.29. The average molecular weight is 532 g/mol. The van der Waals surface area contributed by atoms with E-state index < -0.39 is 0 Å². The van der Waals surface area contributed by atoms with Gasteiger partial charge in [-0.05, 0) is 86.1 Å². The molecule has 1 N–H and O–H groups in total. The van der Waals surface area contributed by atoms with Crippen molar-refractivity contribution in [1.82, 2.24) is 14.9 Å². The van der Waals surface area contributed by atoms with Gasteiger partial charge in [0, 0.05) is 34.3 Å². The molecule has 172 valence electrons. The van der Waals surface area contributed by atoms with Crippen LogP contribution in [0.3, 0.4) is 0 Å². The molecule has 3 heterocycles. The Labute approximate surface area is 214 Å². The third kappa shape index (κ3) is 4.17. The van der Waals surface area contributed by atoms with E-state index in [1.165, 1.54) is 28.1 Å². The molecule has 34 heavy (non-hydrogen) atoms. The predicted molar refractivity (Wildman–Crippen MR) is 146 cm³/mol. The summed E-state index contributed by atoms with van der Waals surface area (Å²) >= 11 is 9.55. The lowest BCUT2D eigenvalue weighted by Gasteiger charge is -2.28. The van der Waals surface area contributed by atoms with Crippen LogP contribution < -0.4 is 10.2 Å². The van der Waals surface area contributed by atoms with E-state index >= 15 is 0 Å². The second-order valence-corrected chi connectivity index (χ2v) is 10.1. The summed E-state index contributed by atoms with van der Waals surface area (Å²) in [7, 11) is 0. The van der Waals surface area contributed by atoms with Gasteiger partial charge in [-0.3, -0.25) is 4.98 Å². The Bertz CT molecular complexity index is 1330. The number of aromatic nitrogens is 2. The summed E-state index contributed by atoms with van der Waals surface area (Å²) < 4.78 is 3.49. The van der Waals surface area contributed by atoms with Crippen molar-refractivity contribution in [3.63, 3.8) is 0 Å². The molecule has 0 saturated carbocycles. The third-order valence-electron chi connectivity index (χ3n) is 6.63. The van der Waals surface area contributed by atoms with E-state index in [0.717, 1.165) is 27.5 Å². The van der Waals surface area contributed by atoms with E-state index in [2.05, 4.69) is 112 Å². The van der Waals surface area contributed by atoms with Crippen molar-refractivity contribution in [3.8, 4) is 0 Å². The number of benzene rings is 2. The number of nitrogens with one attached hydrogen (secondary N) is 1. The van der Waals surface area contributed by atoms with Crippen molar-refractivity contribution < 1.29 is 0 Å². The maximum Gasteiger partial charge on any atom is 0.174 e. The van der Waals surface area contributed by atoms with Crippen LogP contribution in [0, 0.1) is 20.8 Å². The van der Waals surface area contributed by atoms with Crippen molar-refractivity contribution in [2.24, 2.45) is 0 Å². The molecular weight excluding hydrogens is 504 g/mol. The largest absolute Gasteiger partial charge is 0.351 e. The minimum absolute atomic E-state index is 0.0151. The molecule has 5 rings (SSSR count). The summed E-state index contributed by atoms with van der Waals surface area (Å²) in [6.07, 6.45) is 1.85. The fraction of sp³-hybridized carbons (Fsp3) is 0.214. The monoisotopic (exact) mass is 530 g/mol. The molecule has 0 aliphatic carbocycles. The first kappa shape index (κ1) is 22.8. The van der Waals surface area contributed by atoms with Gasteiger partial charge in [-0.1, -0.05) is 52.3 Å². The van der Waals surface area contributed by atoms with Crippen molar-refractivity contribution in [2.45, 2.75) is 39.4 Å². The zero-order valence-electron chi connectivity index (χ0n) is 19.5. The molecule has 2 aromatic carbocycles. The predicted octanol–water partition coefficient (Wildman–Crippen LogP) is 6.80. The number of rotatable bonds is 5. The van der Waals surface area contributed by atoms with Gasteiger partial charge in [0.05, 0.1) is 17.8 Å². The summed E-state index contributed by atoms with van der Waals surface area (Å²) in [5, 5.41) is 4.30. The second kappa shape index (κ2) is 9.35. The molecule has 0 radical (unpaired) electrons. The maximum atomic E-state index is 5.91. The maximum absolute atomic E-state index is 5.91. The summed E-state index contributed by atoms with van der Waals surface area (Å²) in [5.74, 6) is 0. The van der Waals surface area contributed by atoms with Crippen LogP contribution in [0.4, 0.5) is 5.69 Å². The van der Waals surface area contributed by atoms with Crippen LogP contribution in [-0.2, 0) is 6.54 Å². The Morgan fingerprint density at radius 1 is 0.971 bits per heavy atom. The highest BCUT2D eigenvalue weighted by Gasteiger charge is 2.42. The number of hydrogen-bond donors (Lipinski definition) is 1. The topological polar surface area (TPSA) is 33.1 Å². The third-order valence-corrected chi connectivity index (χ3v) is 7.84. The Morgan fingerprint density at radius 3 is 2.44 bits per heavy atom. The van der Waals surface area contributed by atoms with Crippen molar-refractivity contribution in [3.05, 3.63) is 117 Å². The molecule has 6 heteroatoms. The Kier molecular flexibility index (Phi) is 6.28. The van der Waals surface area contributed by atoms with E-state index in [4.69, 9.17) is 17.2 Å². The fourth-order valence-electron chi connectivity index (χ4n) is 4.86. The smallest absolute Gasteiger partial charge is 0.174 e. The standard InChI is InChI=1S/C28H27BrN4S/c1-18-15-22(12-13-24(18)29)33-27(26(31-28(33)34)25-11-7-8-14-30-25)23-16-19(2)32(20(23)3)17-21-9-5-4-6-10-21/h4-16,26-27H,17H2,1-3H3,(H,31,34)/t26-,27-/m0/s1. The minimum atomic E-state index is -0.0525. The normalized spacial score (nSPS) is 17.8. The highest BCUT2D eigenvalue weighted by Crippen LogP contribution is 2.43. The summed E-state index contributed by atoms with van der Waals surface area (Å²) in [5.41, 5.74) is 8.27. The number of aryl methyl sites for hydroxylation is 2. The SMILES string of the molecule is Cc1cc(N2C(=S)N[C@@H](c3ccccn3)[C@@H]2c2cc(C)n(Cc3ccccc3)c2C)ccc1Br. The van der Waals surface area contributed by atoms with E-state index in [-0.39, 0.29) is 12.1 Å². The molecule has 2 atom stereocenters. The molecule has 0 spiro atoms. The summed E-state index contributed by atoms with van der Waals surface area (Å²) in [6, 6.07) is 25.3.